The highest BCUT2D eigenvalue weighted by Crippen LogP contribution is 2.34. The van der Waals surface area contributed by atoms with Crippen LogP contribution in [0.25, 0.3) is 10.6 Å². The van der Waals surface area contributed by atoms with Gasteiger partial charge in [-0.3, -0.25) is 9.78 Å². The predicted octanol–water partition coefficient (Wildman–Crippen LogP) is 4.97. The van der Waals surface area contributed by atoms with E-state index in [1.54, 1.807) is 6.20 Å². The van der Waals surface area contributed by atoms with Crippen LogP contribution in [-0.4, -0.2) is 26.8 Å². The highest BCUT2D eigenvalue weighted by molar-refractivity contribution is 7.17. The summed E-state index contributed by atoms with van der Waals surface area (Å²) in [5, 5.41) is 1.54. The van der Waals surface area contributed by atoms with Gasteiger partial charge in [0.25, 0.3) is 5.91 Å². The molecule has 2 heterocycles. The van der Waals surface area contributed by atoms with Crippen molar-refractivity contribution in [3.63, 3.8) is 0 Å². The Bertz CT molecular complexity index is 920. The Morgan fingerprint density at radius 2 is 2.04 bits per heavy atom. The van der Waals surface area contributed by atoms with Crippen LogP contribution in [0.3, 0.4) is 0 Å². The molecule has 4 rings (SSSR count). The van der Waals surface area contributed by atoms with Crippen molar-refractivity contribution in [3.8, 4) is 10.6 Å². The van der Waals surface area contributed by atoms with Crippen molar-refractivity contribution in [1.29, 1.82) is 0 Å². The summed E-state index contributed by atoms with van der Waals surface area (Å²) in [7, 11) is 0. The Hall–Kier alpha value is -2.24. The van der Waals surface area contributed by atoms with E-state index in [-0.39, 0.29) is 5.91 Å². The maximum Gasteiger partial charge on any atom is 0.266 e. The molecule has 1 saturated carbocycles. The second-order valence-electron chi connectivity index (χ2n) is 6.47. The fraction of sp³-hybridized carbons (Fsp3) is 0.250. The van der Waals surface area contributed by atoms with Crippen molar-refractivity contribution in [2.45, 2.75) is 32.4 Å². The summed E-state index contributed by atoms with van der Waals surface area (Å²) >= 11 is 7.41. The SMILES string of the molecule is Cc1nc(-c2ccc(Cl)cc2)sc1C(=O)N(Cc1cccnc1)C1CC1. The maximum atomic E-state index is 13.2. The van der Waals surface area contributed by atoms with Gasteiger partial charge in [-0.1, -0.05) is 29.8 Å². The van der Waals surface area contributed by atoms with Gasteiger partial charge < -0.3 is 4.90 Å². The molecule has 26 heavy (non-hydrogen) atoms. The third-order valence-electron chi connectivity index (χ3n) is 4.41. The molecule has 0 saturated heterocycles. The van der Waals surface area contributed by atoms with Gasteiger partial charge in [0.15, 0.2) is 0 Å². The molecule has 0 spiro atoms. The zero-order valence-corrected chi connectivity index (χ0v) is 15.9. The van der Waals surface area contributed by atoms with Crippen molar-refractivity contribution < 1.29 is 4.79 Å². The van der Waals surface area contributed by atoms with Gasteiger partial charge in [0.05, 0.1) is 5.69 Å². The summed E-state index contributed by atoms with van der Waals surface area (Å²) in [6.45, 7) is 2.49. The molecule has 1 aliphatic carbocycles. The molecule has 0 bridgehead atoms. The van der Waals surface area contributed by atoms with Crippen LogP contribution >= 0.6 is 22.9 Å². The third-order valence-corrected chi connectivity index (χ3v) is 5.85. The number of carbonyl (C=O) groups excluding carboxylic acids is 1. The molecule has 0 aliphatic heterocycles. The Balaban J connectivity index is 1.61. The van der Waals surface area contributed by atoms with Crippen molar-refractivity contribution >= 4 is 28.8 Å². The van der Waals surface area contributed by atoms with E-state index in [4.69, 9.17) is 11.6 Å². The molecule has 1 aromatic carbocycles. The van der Waals surface area contributed by atoms with Crippen LogP contribution in [0.15, 0.2) is 48.8 Å². The molecular formula is C20H18ClN3OS. The first kappa shape index (κ1) is 17.2. The second-order valence-corrected chi connectivity index (χ2v) is 7.90. The molecule has 6 heteroatoms. The number of hydrogen-bond donors (Lipinski definition) is 0. The number of hydrogen-bond acceptors (Lipinski definition) is 4. The predicted molar refractivity (Wildman–Crippen MR) is 104 cm³/mol. The van der Waals surface area contributed by atoms with Gasteiger partial charge in [-0.15, -0.1) is 11.3 Å². The Morgan fingerprint density at radius 3 is 2.69 bits per heavy atom. The Labute approximate surface area is 161 Å². The van der Waals surface area contributed by atoms with E-state index >= 15 is 0 Å². The fourth-order valence-corrected chi connectivity index (χ4v) is 4.04. The highest BCUT2D eigenvalue weighted by atomic mass is 35.5. The lowest BCUT2D eigenvalue weighted by atomic mass is 10.2. The zero-order valence-electron chi connectivity index (χ0n) is 14.4. The third kappa shape index (κ3) is 3.64. The summed E-state index contributed by atoms with van der Waals surface area (Å²) in [5.41, 5.74) is 2.81. The van der Waals surface area contributed by atoms with E-state index in [2.05, 4.69) is 9.97 Å². The van der Waals surface area contributed by atoms with Crippen molar-refractivity contribution in [1.82, 2.24) is 14.9 Å². The van der Waals surface area contributed by atoms with Gasteiger partial charge in [-0.2, -0.15) is 0 Å². The topological polar surface area (TPSA) is 46.1 Å². The summed E-state index contributed by atoms with van der Waals surface area (Å²) in [4.78, 5) is 24.7. The molecule has 2 aromatic heterocycles. The van der Waals surface area contributed by atoms with Gasteiger partial charge in [-0.05, 0) is 43.5 Å². The summed E-state index contributed by atoms with van der Waals surface area (Å²) in [6, 6.07) is 11.8. The maximum absolute atomic E-state index is 13.2. The van der Waals surface area contributed by atoms with Gasteiger partial charge in [0, 0.05) is 35.6 Å². The van der Waals surface area contributed by atoms with Crippen LogP contribution in [-0.2, 0) is 6.54 Å². The van der Waals surface area contributed by atoms with E-state index in [0.29, 0.717) is 22.5 Å². The molecule has 0 atom stereocenters. The minimum atomic E-state index is 0.0616. The first-order valence-electron chi connectivity index (χ1n) is 8.55. The van der Waals surface area contributed by atoms with E-state index in [0.717, 1.165) is 34.7 Å². The number of aryl methyl sites for hydroxylation is 1. The number of thiazole rings is 1. The largest absolute Gasteiger partial charge is 0.331 e. The normalized spacial score (nSPS) is 13.6. The van der Waals surface area contributed by atoms with Crippen molar-refractivity contribution in [2.75, 3.05) is 0 Å². The van der Waals surface area contributed by atoms with Crippen LogP contribution in [0, 0.1) is 6.92 Å². The van der Waals surface area contributed by atoms with Crippen LogP contribution in [0.1, 0.15) is 33.8 Å². The second kappa shape index (κ2) is 7.17. The molecule has 1 amide bonds. The molecule has 0 unspecified atom stereocenters. The zero-order chi connectivity index (χ0) is 18.1. The molecule has 1 aliphatic rings. The fourth-order valence-electron chi connectivity index (χ4n) is 2.88. The minimum Gasteiger partial charge on any atom is -0.331 e. The van der Waals surface area contributed by atoms with Gasteiger partial charge in [0.1, 0.15) is 9.88 Å². The summed E-state index contributed by atoms with van der Waals surface area (Å²) < 4.78 is 0. The molecule has 0 radical (unpaired) electrons. The summed E-state index contributed by atoms with van der Waals surface area (Å²) in [6.07, 6.45) is 5.70. The molecule has 4 nitrogen and oxygen atoms in total. The molecular weight excluding hydrogens is 366 g/mol. The van der Waals surface area contributed by atoms with Crippen LogP contribution in [0.2, 0.25) is 5.02 Å². The molecule has 0 N–H and O–H groups in total. The monoisotopic (exact) mass is 383 g/mol. The van der Waals surface area contributed by atoms with E-state index in [1.807, 2.05) is 54.4 Å². The molecule has 3 aromatic rings. The number of benzene rings is 1. The first-order chi connectivity index (χ1) is 12.6. The lowest BCUT2D eigenvalue weighted by Crippen LogP contribution is -2.32. The van der Waals surface area contributed by atoms with Gasteiger partial charge in [0.2, 0.25) is 0 Å². The van der Waals surface area contributed by atoms with Crippen LogP contribution in [0.5, 0.6) is 0 Å². The number of pyridine rings is 1. The lowest BCUT2D eigenvalue weighted by Gasteiger charge is -2.22. The standard InChI is InChI=1S/C20H18ClN3OS/c1-13-18(26-19(23-13)15-4-6-16(21)7-5-15)20(25)24(17-8-9-17)12-14-3-2-10-22-11-14/h2-7,10-11,17H,8-9,12H2,1H3. The van der Waals surface area contributed by atoms with Gasteiger partial charge >= 0.3 is 0 Å². The number of carbonyl (C=O) groups is 1. The average Bonchev–Trinajstić information content (AvgIpc) is 3.42. The lowest BCUT2D eigenvalue weighted by molar-refractivity contribution is 0.0734. The Morgan fingerprint density at radius 1 is 1.27 bits per heavy atom. The number of nitrogens with zero attached hydrogens (tertiary/aromatic N) is 3. The first-order valence-corrected chi connectivity index (χ1v) is 9.74. The highest BCUT2D eigenvalue weighted by Gasteiger charge is 2.34. The summed E-state index contributed by atoms with van der Waals surface area (Å²) in [5.74, 6) is 0.0616. The van der Waals surface area contributed by atoms with Gasteiger partial charge in [-0.25, -0.2) is 4.98 Å². The molecule has 132 valence electrons. The smallest absolute Gasteiger partial charge is 0.266 e. The van der Waals surface area contributed by atoms with Crippen molar-refractivity contribution in [2.24, 2.45) is 0 Å². The Kier molecular flexibility index (Phi) is 4.74. The number of rotatable bonds is 5. The molecule has 1 fully saturated rings. The minimum absolute atomic E-state index is 0.0616. The number of aromatic nitrogens is 2. The number of amides is 1. The van der Waals surface area contributed by atoms with Crippen LogP contribution in [0.4, 0.5) is 0 Å². The number of halogens is 1. The van der Waals surface area contributed by atoms with Crippen LogP contribution < -0.4 is 0 Å². The average molecular weight is 384 g/mol. The van der Waals surface area contributed by atoms with Crippen molar-refractivity contribution in [3.05, 3.63) is 69.9 Å². The quantitative estimate of drug-likeness (QED) is 0.624. The van der Waals surface area contributed by atoms with E-state index in [9.17, 15) is 4.79 Å². The van der Waals surface area contributed by atoms with E-state index < -0.39 is 0 Å². The van der Waals surface area contributed by atoms with E-state index in [1.165, 1.54) is 11.3 Å².